The van der Waals surface area contributed by atoms with E-state index in [0.717, 1.165) is 48.8 Å². The highest BCUT2D eigenvalue weighted by Crippen LogP contribution is 2.30. The van der Waals surface area contributed by atoms with Gasteiger partial charge in [-0.25, -0.2) is 0 Å². The zero-order valence-corrected chi connectivity index (χ0v) is 17.4. The van der Waals surface area contributed by atoms with Gasteiger partial charge in [0.2, 0.25) is 0 Å². The van der Waals surface area contributed by atoms with Gasteiger partial charge in [-0.3, -0.25) is 4.79 Å². The molecule has 0 saturated carbocycles. The van der Waals surface area contributed by atoms with E-state index in [1.807, 2.05) is 59.5 Å². The monoisotopic (exact) mass is 407 g/mol. The Labute approximate surface area is 182 Å². The summed E-state index contributed by atoms with van der Waals surface area (Å²) in [5.41, 5.74) is 4.38. The summed E-state index contributed by atoms with van der Waals surface area (Å²) in [6, 6.07) is 28.3. The Morgan fingerprint density at radius 2 is 1.45 bits per heavy atom. The SMILES string of the molecule is O=C(c1c(-c2ccccc2)nnc2ccccc12)N1CCC(Cc2ccccc2)CC1. The van der Waals surface area contributed by atoms with Crippen LogP contribution in [0.2, 0.25) is 0 Å². The Bertz CT molecular complexity index is 1180. The third-order valence-electron chi connectivity index (χ3n) is 6.20. The molecule has 4 heteroatoms. The number of carbonyl (C=O) groups is 1. The molecule has 0 radical (unpaired) electrons. The van der Waals surface area contributed by atoms with E-state index >= 15 is 0 Å². The van der Waals surface area contributed by atoms with Crippen LogP contribution < -0.4 is 0 Å². The van der Waals surface area contributed by atoms with Crippen LogP contribution in [0.1, 0.15) is 28.8 Å². The smallest absolute Gasteiger partial charge is 0.256 e. The Morgan fingerprint density at radius 3 is 2.19 bits per heavy atom. The van der Waals surface area contributed by atoms with Gasteiger partial charge in [0.25, 0.3) is 5.91 Å². The maximum Gasteiger partial charge on any atom is 0.256 e. The van der Waals surface area contributed by atoms with E-state index in [1.165, 1.54) is 5.56 Å². The number of rotatable bonds is 4. The van der Waals surface area contributed by atoms with E-state index in [2.05, 4.69) is 40.5 Å². The topological polar surface area (TPSA) is 46.1 Å². The molecule has 1 aromatic heterocycles. The van der Waals surface area contributed by atoms with Crippen molar-refractivity contribution in [1.29, 1.82) is 0 Å². The zero-order chi connectivity index (χ0) is 21.0. The Kier molecular flexibility index (Phi) is 5.44. The van der Waals surface area contributed by atoms with E-state index in [4.69, 9.17) is 0 Å². The van der Waals surface area contributed by atoms with Crippen molar-refractivity contribution in [2.45, 2.75) is 19.3 Å². The van der Waals surface area contributed by atoms with Gasteiger partial charge in [0.05, 0.1) is 11.1 Å². The highest BCUT2D eigenvalue weighted by molar-refractivity contribution is 6.10. The van der Waals surface area contributed by atoms with Crippen LogP contribution in [0, 0.1) is 5.92 Å². The average Bonchev–Trinajstić information content (AvgIpc) is 2.84. The predicted molar refractivity (Wildman–Crippen MR) is 124 cm³/mol. The first-order chi connectivity index (χ1) is 15.3. The predicted octanol–water partition coefficient (Wildman–Crippen LogP) is 5.39. The highest BCUT2D eigenvalue weighted by Gasteiger charge is 2.27. The number of piperidine rings is 1. The van der Waals surface area contributed by atoms with Crippen molar-refractivity contribution in [3.63, 3.8) is 0 Å². The number of benzene rings is 3. The molecule has 0 aliphatic carbocycles. The van der Waals surface area contributed by atoms with E-state index in [-0.39, 0.29) is 5.91 Å². The molecular weight excluding hydrogens is 382 g/mol. The van der Waals surface area contributed by atoms with Crippen LogP contribution in [0.4, 0.5) is 0 Å². The van der Waals surface area contributed by atoms with E-state index in [9.17, 15) is 4.79 Å². The minimum atomic E-state index is 0.0584. The minimum Gasteiger partial charge on any atom is -0.339 e. The molecule has 1 aliphatic rings. The van der Waals surface area contributed by atoms with Crippen LogP contribution in [0.25, 0.3) is 22.2 Å². The number of likely N-dealkylation sites (tertiary alicyclic amines) is 1. The number of hydrogen-bond acceptors (Lipinski definition) is 3. The first-order valence-corrected chi connectivity index (χ1v) is 10.9. The Morgan fingerprint density at radius 1 is 0.806 bits per heavy atom. The summed E-state index contributed by atoms with van der Waals surface area (Å²) in [7, 11) is 0. The van der Waals surface area contributed by atoms with Gasteiger partial charge in [-0.1, -0.05) is 78.9 Å². The normalized spacial score (nSPS) is 14.6. The maximum absolute atomic E-state index is 13.7. The molecule has 4 nitrogen and oxygen atoms in total. The molecule has 5 rings (SSSR count). The summed E-state index contributed by atoms with van der Waals surface area (Å²) in [5.74, 6) is 0.676. The molecule has 1 saturated heterocycles. The average molecular weight is 408 g/mol. The molecule has 154 valence electrons. The quantitative estimate of drug-likeness (QED) is 0.455. The number of aromatic nitrogens is 2. The fraction of sp³-hybridized carbons (Fsp3) is 0.222. The van der Waals surface area contributed by atoms with Crippen molar-refractivity contribution >= 4 is 16.8 Å². The number of nitrogens with zero attached hydrogens (tertiary/aromatic N) is 3. The summed E-state index contributed by atoms with van der Waals surface area (Å²) in [6.45, 7) is 1.56. The molecule has 0 bridgehead atoms. The van der Waals surface area contributed by atoms with Gasteiger partial charge in [-0.15, -0.1) is 10.2 Å². The second-order valence-corrected chi connectivity index (χ2v) is 8.23. The third kappa shape index (κ3) is 4.06. The molecule has 0 unspecified atom stereocenters. The molecule has 1 fully saturated rings. The highest BCUT2D eigenvalue weighted by atomic mass is 16.2. The molecule has 3 aromatic carbocycles. The van der Waals surface area contributed by atoms with Gasteiger partial charge in [0.1, 0.15) is 5.69 Å². The Hall–Kier alpha value is -3.53. The number of fused-ring (bicyclic) bond motifs is 1. The summed E-state index contributed by atoms with van der Waals surface area (Å²) in [5, 5.41) is 9.72. The molecule has 0 N–H and O–H groups in total. The maximum atomic E-state index is 13.7. The van der Waals surface area contributed by atoms with Crippen LogP contribution in [0.5, 0.6) is 0 Å². The molecule has 1 amide bonds. The molecule has 0 atom stereocenters. The van der Waals surface area contributed by atoms with Crippen molar-refractivity contribution in [3.8, 4) is 11.3 Å². The minimum absolute atomic E-state index is 0.0584. The van der Waals surface area contributed by atoms with Gasteiger partial charge < -0.3 is 4.90 Å². The van der Waals surface area contributed by atoms with E-state index in [1.54, 1.807) is 0 Å². The van der Waals surface area contributed by atoms with Gasteiger partial charge >= 0.3 is 0 Å². The van der Waals surface area contributed by atoms with Crippen LogP contribution in [-0.2, 0) is 6.42 Å². The lowest BCUT2D eigenvalue weighted by Crippen LogP contribution is -2.39. The molecule has 4 aromatic rings. The largest absolute Gasteiger partial charge is 0.339 e. The van der Waals surface area contributed by atoms with Crippen LogP contribution in [-0.4, -0.2) is 34.1 Å². The van der Waals surface area contributed by atoms with Gasteiger partial charge in [0, 0.05) is 24.0 Å². The lowest BCUT2D eigenvalue weighted by molar-refractivity contribution is 0.0693. The summed E-state index contributed by atoms with van der Waals surface area (Å²) >= 11 is 0. The number of carbonyl (C=O) groups excluding carboxylic acids is 1. The first kappa shape index (κ1) is 19.4. The third-order valence-corrected chi connectivity index (χ3v) is 6.20. The van der Waals surface area contributed by atoms with Gasteiger partial charge in [-0.2, -0.15) is 0 Å². The molecule has 2 heterocycles. The van der Waals surface area contributed by atoms with Crippen molar-refractivity contribution in [3.05, 3.63) is 96.1 Å². The van der Waals surface area contributed by atoms with Crippen LogP contribution in [0.3, 0.4) is 0 Å². The van der Waals surface area contributed by atoms with Crippen molar-refractivity contribution in [1.82, 2.24) is 15.1 Å². The molecule has 1 aliphatic heterocycles. The number of hydrogen-bond donors (Lipinski definition) is 0. The number of amides is 1. The van der Waals surface area contributed by atoms with Crippen LogP contribution in [0.15, 0.2) is 84.9 Å². The molecule has 0 spiro atoms. The molecular formula is C27H25N3O. The second-order valence-electron chi connectivity index (χ2n) is 8.23. The lowest BCUT2D eigenvalue weighted by Gasteiger charge is -2.32. The summed E-state index contributed by atoms with van der Waals surface area (Å²) in [4.78, 5) is 15.7. The molecule has 31 heavy (non-hydrogen) atoms. The summed E-state index contributed by atoms with van der Waals surface area (Å²) < 4.78 is 0. The fourth-order valence-electron chi connectivity index (χ4n) is 4.51. The zero-order valence-electron chi connectivity index (χ0n) is 17.4. The van der Waals surface area contributed by atoms with Crippen LogP contribution >= 0.6 is 0 Å². The van der Waals surface area contributed by atoms with E-state index in [0.29, 0.717) is 17.2 Å². The van der Waals surface area contributed by atoms with Crippen molar-refractivity contribution in [2.24, 2.45) is 5.92 Å². The van der Waals surface area contributed by atoms with Gasteiger partial charge in [0.15, 0.2) is 0 Å². The second kappa shape index (κ2) is 8.68. The lowest BCUT2D eigenvalue weighted by atomic mass is 9.89. The summed E-state index contributed by atoms with van der Waals surface area (Å²) in [6.07, 6.45) is 3.13. The standard InChI is InChI=1S/C27H25N3O/c31-27(30-17-15-21(16-18-30)19-20-9-3-1-4-10-20)25-23-13-7-8-14-24(23)28-29-26(25)22-11-5-2-6-12-22/h1-14,21H,15-19H2. The Balaban J connectivity index is 1.42. The van der Waals surface area contributed by atoms with Crippen molar-refractivity contribution in [2.75, 3.05) is 13.1 Å². The van der Waals surface area contributed by atoms with Crippen molar-refractivity contribution < 1.29 is 4.79 Å². The fourth-order valence-corrected chi connectivity index (χ4v) is 4.51. The van der Waals surface area contributed by atoms with E-state index < -0.39 is 0 Å². The first-order valence-electron chi connectivity index (χ1n) is 10.9. The van der Waals surface area contributed by atoms with Gasteiger partial charge in [-0.05, 0) is 36.8 Å².